The van der Waals surface area contributed by atoms with Crippen molar-refractivity contribution < 1.29 is 75.4 Å². The van der Waals surface area contributed by atoms with Gasteiger partial charge in [0.25, 0.3) is 19.1 Å². The molecule has 1 spiro atoms. The highest BCUT2D eigenvalue weighted by Crippen LogP contribution is 2.65. The minimum atomic E-state index is -6.03. The quantitative estimate of drug-likeness (QED) is 0.0926. The molecule has 3 unspecified atom stereocenters. The van der Waals surface area contributed by atoms with Crippen LogP contribution in [0.25, 0.3) is 11.2 Å². The van der Waals surface area contributed by atoms with E-state index in [4.69, 9.17) is 24.8 Å². The number of aromatic nitrogens is 4. The molecule has 2 aliphatic heterocycles. The zero-order chi connectivity index (χ0) is 34.9. The van der Waals surface area contributed by atoms with Gasteiger partial charge in [0, 0.05) is 4.92 Å². The van der Waals surface area contributed by atoms with Crippen LogP contribution in [0.4, 0.5) is 5.95 Å². The van der Waals surface area contributed by atoms with Crippen LogP contribution < -0.4 is 16.2 Å². The first kappa shape index (κ1) is 34.5. The lowest BCUT2D eigenvalue weighted by atomic mass is 9.96. The fourth-order valence-electron chi connectivity index (χ4n) is 4.83. The van der Waals surface area contributed by atoms with Crippen LogP contribution in [0.2, 0.25) is 0 Å². The van der Waals surface area contributed by atoms with Gasteiger partial charge in [-0.2, -0.15) is 9.29 Å². The number of H-pyrrole nitrogens is 1. The molecule has 0 radical (unpaired) electrons. The zero-order valence-electron chi connectivity index (χ0n) is 22.2. The Labute approximate surface area is 255 Å². The van der Waals surface area contributed by atoms with Crippen molar-refractivity contribution in [3.05, 3.63) is 70.6 Å². The highest BCUT2D eigenvalue weighted by molar-refractivity contribution is 7.66. The maximum Gasteiger partial charge on any atom is 0.487 e. The number of ether oxygens (including phenoxy) is 3. The predicted octanol–water partition coefficient (Wildman–Crippen LogP) is -2.23. The molecule has 9 atom stereocenters. The van der Waals surface area contributed by atoms with Crippen LogP contribution in [0.15, 0.2) is 34.7 Å². The summed E-state index contributed by atoms with van der Waals surface area (Å²) in [5.74, 6) is -3.47. The summed E-state index contributed by atoms with van der Waals surface area (Å²) in [6, 6.07) is -2.47. The summed E-state index contributed by atoms with van der Waals surface area (Å²) in [6.45, 7) is -1.27. The fourth-order valence-corrected chi connectivity index (χ4v) is 7.83. The molecule has 0 bridgehead atoms. The van der Waals surface area contributed by atoms with Crippen molar-refractivity contribution in [2.75, 3.05) is 12.3 Å². The van der Waals surface area contributed by atoms with Crippen LogP contribution in [0.5, 0.6) is 0 Å². The minimum absolute atomic E-state index is 0.309. The molecule has 5 rings (SSSR count). The van der Waals surface area contributed by atoms with Crippen LogP contribution in [-0.4, -0.2) is 85.7 Å². The molecule has 6 N–H and O–H groups in total. The van der Waals surface area contributed by atoms with E-state index in [1.807, 2.05) is 0 Å². The molecular weight excluding hydrogens is 717 g/mol. The van der Waals surface area contributed by atoms with Crippen molar-refractivity contribution in [1.29, 1.82) is 0 Å². The molecule has 2 saturated heterocycles. The third-order valence-electron chi connectivity index (χ3n) is 6.44. The number of phosphoric ester groups is 1. The first-order valence-electron chi connectivity index (χ1n) is 12.0. The maximum atomic E-state index is 12.4. The van der Waals surface area contributed by atoms with Gasteiger partial charge in [-0.25, -0.2) is 18.4 Å². The third kappa shape index (κ3) is 6.63. The summed E-state index contributed by atoms with van der Waals surface area (Å²) >= 11 is 0. The molecule has 0 saturated carbocycles. The van der Waals surface area contributed by atoms with Crippen molar-refractivity contribution in [2.45, 2.75) is 36.4 Å². The Hall–Kier alpha value is -3.88. The number of phosphoric acid groups is 3. The van der Waals surface area contributed by atoms with Gasteiger partial charge in [0.1, 0.15) is 18.3 Å². The lowest BCUT2D eigenvalue weighted by molar-refractivity contribution is -0.569. The first-order chi connectivity index (χ1) is 21.6. The fraction of sp³-hybridized carbons (Fsp3) is 0.438. The number of nitro groups is 3. The molecule has 47 heavy (non-hydrogen) atoms. The number of nitrogens with two attached hydrogens (primary N) is 1. The Morgan fingerprint density at radius 3 is 2.32 bits per heavy atom. The summed E-state index contributed by atoms with van der Waals surface area (Å²) in [4.78, 5) is 92.9. The first-order valence-corrected chi connectivity index (χ1v) is 16.5. The summed E-state index contributed by atoms with van der Waals surface area (Å²) in [5.41, 5.74) is 1.71. The molecule has 0 aromatic carbocycles. The lowest BCUT2D eigenvalue weighted by Gasteiger charge is -2.30. The third-order valence-corrected chi connectivity index (χ3v) is 10.2. The van der Waals surface area contributed by atoms with E-state index in [0.717, 1.165) is 10.9 Å². The van der Waals surface area contributed by atoms with Crippen molar-refractivity contribution in [3.8, 4) is 0 Å². The van der Waals surface area contributed by atoms with Gasteiger partial charge in [0.15, 0.2) is 17.4 Å². The molecule has 31 heteroatoms. The van der Waals surface area contributed by atoms with Gasteiger partial charge in [-0.1, -0.05) is 0 Å². The van der Waals surface area contributed by atoms with Gasteiger partial charge in [-0.3, -0.25) is 53.8 Å². The van der Waals surface area contributed by atoms with Crippen LogP contribution in [-0.2, 0) is 41.1 Å². The largest absolute Gasteiger partial charge is 0.756 e. The van der Waals surface area contributed by atoms with E-state index in [9.17, 15) is 63.5 Å². The number of hydrogen-bond acceptors (Lipinski definition) is 20. The van der Waals surface area contributed by atoms with E-state index in [-0.39, 0.29) is 11.2 Å². The second-order valence-electron chi connectivity index (χ2n) is 9.40. The molecule has 3 aliphatic rings. The number of allylic oxidation sites excluding steroid dienone is 1. The minimum Gasteiger partial charge on any atom is -0.756 e. The lowest BCUT2D eigenvalue weighted by Crippen LogP contribution is -2.53. The van der Waals surface area contributed by atoms with E-state index in [1.165, 1.54) is 0 Å². The monoisotopic (exact) mass is 733 g/mol. The zero-order valence-corrected chi connectivity index (χ0v) is 24.9. The summed E-state index contributed by atoms with van der Waals surface area (Å²) < 4.78 is 64.7. The SMILES string of the molecule is Nc1nc2c(ncn2[C@H]2O[C@H](COP(=O)(O)OP(=O)(O)OP(=O)([O-])O)[C@H]3O[C@]4(O[C@H]32)C([N+](=O)[O-])=CC([N+](=O)[O-])=C[C@@H]4[N+](=O)[O-])c(=O)[nH]1. The van der Waals surface area contributed by atoms with E-state index in [1.54, 1.807) is 0 Å². The Bertz CT molecular complexity index is 1950. The highest BCUT2D eigenvalue weighted by Gasteiger charge is 2.72. The smallest absolute Gasteiger partial charge is 0.487 e. The number of imidazole rings is 1. The molecular formula is C16H16N8O20P3-. The number of fused-ring (bicyclic) bond motifs is 2. The van der Waals surface area contributed by atoms with Crippen molar-refractivity contribution in [1.82, 2.24) is 19.5 Å². The molecule has 2 aromatic heterocycles. The van der Waals surface area contributed by atoms with Crippen LogP contribution in [0.1, 0.15) is 6.23 Å². The molecule has 1 aliphatic carbocycles. The summed E-state index contributed by atoms with van der Waals surface area (Å²) in [5, 5.41) is 35.6. The topological polar surface area (TPSA) is 409 Å². The number of nitrogen functional groups attached to an aromatic ring is 1. The van der Waals surface area contributed by atoms with Gasteiger partial charge in [-0.15, -0.1) is 0 Å². The van der Waals surface area contributed by atoms with Crippen LogP contribution >= 0.6 is 23.5 Å². The van der Waals surface area contributed by atoms with Gasteiger partial charge in [0.2, 0.25) is 5.95 Å². The van der Waals surface area contributed by atoms with Crippen molar-refractivity contribution in [2.24, 2.45) is 0 Å². The number of anilines is 1. The standard InChI is InChI=1S/C16H17N8O20P3/c17-15-19-12-9(13(25)20-15)18-4-21(12)14-11-10(6(40-14)3-39-46(35,36)44-47(37,38)43-45(32,33)34)41-16(42-11)7(23(28)29)1-5(22(26)27)2-8(16)24(30)31/h1-2,4,6-7,10-11,14H,3H2,(H,35,36)(H,37,38)(H2,32,33,34)(H3,17,19,20,25)/p-1/t6-,7+,10-,11-,14+,16-/m1/s1. The number of nitrogens with one attached hydrogen (secondary N) is 1. The second kappa shape index (κ2) is 11.7. The van der Waals surface area contributed by atoms with Gasteiger partial charge in [0.05, 0.1) is 34.9 Å². The molecule has 2 fully saturated rings. The Morgan fingerprint density at radius 2 is 1.72 bits per heavy atom. The number of hydrogen-bond donors (Lipinski definition) is 5. The van der Waals surface area contributed by atoms with Crippen LogP contribution in [0, 0.1) is 30.3 Å². The molecule has 28 nitrogen and oxygen atoms in total. The average Bonchev–Trinajstić information content (AvgIpc) is 3.57. The van der Waals surface area contributed by atoms with Gasteiger partial charge < -0.3 is 39.5 Å². The summed E-state index contributed by atoms with van der Waals surface area (Å²) in [7, 11) is -17.9. The average molecular weight is 733 g/mol. The number of rotatable bonds is 11. The second-order valence-corrected chi connectivity index (χ2v) is 13.8. The highest BCUT2D eigenvalue weighted by atomic mass is 31.3. The number of nitrogens with zero attached hydrogens (tertiary/aromatic N) is 6. The van der Waals surface area contributed by atoms with Gasteiger partial charge in [-0.05, 0) is 0 Å². The number of aromatic amines is 1. The Balaban J connectivity index is 1.55. The molecule has 2 aromatic rings. The normalized spacial score (nSPS) is 30.9. The van der Waals surface area contributed by atoms with E-state index in [2.05, 4.69) is 28.1 Å². The van der Waals surface area contributed by atoms with E-state index >= 15 is 0 Å². The van der Waals surface area contributed by atoms with Crippen molar-refractivity contribution >= 4 is 40.6 Å². The molecule has 0 amide bonds. The van der Waals surface area contributed by atoms with E-state index in [0.29, 0.717) is 12.2 Å². The van der Waals surface area contributed by atoms with Crippen molar-refractivity contribution in [3.63, 3.8) is 0 Å². The predicted molar refractivity (Wildman–Crippen MR) is 137 cm³/mol. The Morgan fingerprint density at radius 1 is 1.06 bits per heavy atom. The Kier molecular flexibility index (Phi) is 8.55. The summed E-state index contributed by atoms with van der Waals surface area (Å²) in [6.07, 6.45) is -5.39. The molecule has 256 valence electrons. The van der Waals surface area contributed by atoms with E-state index < -0.39 is 104 Å². The maximum absolute atomic E-state index is 12.4. The van der Waals surface area contributed by atoms with Gasteiger partial charge >= 0.3 is 33.2 Å². The molecule has 4 heterocycles. The van der Waals surface area contributed by atoms with Crippen LogP contribution in [0.3, 0.4) is 0 Å².